The van der Waals surface area contributed by atoms with Crippen LogP contribution in [0.1, 0.15) is 66.4 Å². The number of hydrogen-bond donors (Lipinski definition) is 0. The average Bonchev–Trinajstić information content (AvgIpc) is 2.61. The lowest BCUT2D eigenvalue weighted by Gasteiger charge is -2.54. The van der Waals surface area contributed by atoms with Crippen molar-refractivity contribution < 1.29 is 25.5 Å². The molecule has 0 saturated carbocycles. The zero-order valence-electron chi connectivity index (χ0n) is 17.0. The predicted octanol–water partition coefficient (Wildman–Crippen LogP) is 6.31. The molecule has 0 aliphatic rings. The Hall–Kier alpha value is -0.863. The van der Waals surface area contributed by atoms with Crippen molar-refractivity contribution in [1.29, 1.82) is 0 Å². The molecule has 0 aliphatic heterocycles. The second-order valence-corrected chi connectivity index (χ2v) is 14.2. The molecule has 1 unspecified atom stereocenters. The highest BCUT2D eigenvalue weighted by molar-refractivity contribution is 7.88. The standard InChI is InChI=1S/C19H31F3O3SSi/c1-7-18(8-2,9-3)27(10-4,25-26(23,24)19(20,21)22)17(5,6)16-14-12-11-13-15-16/h11-15H,7-10H2,1-6H3. The van der Waals surface area contributed by atoms with Gasteiger partial charge in [0.2, 0.25) is 8.32 Å². The van der Waals surface area contributed by atoms with E-state index in [1.165, 1.54) is 0 Å². The third-order valence-corrected chi connectivity index (χ3v) is 15.1. The van der Waals surface area contributed by atoms with E-state index >= 15 is 0 Å². The Morgan fingerprint density at radius 2 is 1.37 bits per heavy atom. The van der Waals surface area contributed by atoms with Crippen molar-refractivity contribution in [3.63, 3.8) is 0 Å². The minimum atomic E-state index is -5.71. The van der Waals surface area contributed by atoms with E-state index < -0.39 is 34.0 Å². The highest BCUT2D eigenvalue weighted by Gasteiger charge is 2.65. The van der Waals surface area contributed by atoms with E-state index in [4.69, 9.17) is 3.87 Å². The summed E-state index contributed by atoms with van der Waals surface area (Å²) in [5, 5.41) is -1.46. The van der Waals surface area contributed by atoms with Gasteiger partial charge in [0.1, 0.15) is 0 Å². The molecule has 0 bridgehead atoms. The van der Waals surface area contributed by atoms with Gasteiger partial charge in [0.25, 0.3) is 0 Å². The molecular formula is C19H31F3O3SSi. The third-order valence-electron chi connectivity index (χ3n) is 6.43. The van der Waals surface area contributed by atoms with Crippen molar-refractivity contribution in [2.45, 2.75) is 82.4 Å². The minimum Gasteiger partial charge on any atom is -0.306 e. The van der Waals surface area contributed by atoms with Gasteiger partial charge in [0, 0.05) is 5.04 Å². The van der Waals surface area contributed by atoms with Crippen molar-refractivity contribution >= 4 is 18.4 Å². The molecule has 8 heteroatoms. The third kappa shape index (κ3) is 3.98. The maximum Gasteiger partial charge on any atom is 0.522 e. The van der Waals surface area contributed by atoms with Crippen molar-refractivity contribution in [2.75, 3.05) is 0 Å². The van der Waals surface area contributed by atoms with Crippen LogP contribution in [0.15, 0.2) is 30.3 Å². The molecule has 1 rings (SSSR count). The van der Waals surface area contributed by atoms with E-state index in [1.54, 1.807) is 6.92 Å². The summed E-state index contributed by atoms with van der Waals surface area (Å²) in [6.45, 7) is 11.2. The Kier molecular flexibility index (Phi) is 7.39. The molecule has 1 aromatic rings. The summed E-state index contributed by atoms with van der Waals surface area (Å²) in [7, 11) is -9.28. The van der Waals surface area contributed by atoms with E-state index in [1.807, 2.05) is 65.0 Å². The second-order valence-electron chi connectivity index (χ2n) is 7.50. The number of benzene rings is 1. The minimum absolute atomic E-state index is 0.264. The fourth-order valence-corrected chi connectivity index (χ4v) is 13.9. The van der Waals surface area contributed by atoms with Gasteiger partial charge in [0.15, 0.2) is 0 Å². The number of alkyl halides is 3. The summed E-state index contributed by atoms with van der Waals surface area (Å²) in [6.07, 6.45) is 1.68. The van der Waals surface area contributed by atoms with E-state index in [9.17, 15) is 21.6 Å². The van der Waals surface area contributed by atoms with Crippen LogP contribution in [0, 0.1) is 0 Å². The largest absolute Gasteiger partial charge is 0.522 e. The molecule has 0 saturated heterocycles. The summed E-state index contributed by atoms with van der Waals surface area (Å²) in [5.74, 6) is 0. The summed E-state index contributed by atoms with van der Waals surface area (Å²) >= 11 is 0. The molecule has 0 aliphatic carbocycles. The van der Waals surface area contributed by atoms with Crippen LogP contribution >= 0.6 is 0 Å². The van der Waals surface area contributed by atoms with Crippen LogP contribution in [-0.4, -0.2) is 22.2 Å². The van der Waals surface area contributed by atoms with Gasteiger partial charge in [-0.05, 0) is 16.6 Å². The van der Waals surface area contributed by atoms with E-state index in [0.717, 1.165) is 5.56 Å². The lowest BCUT2D eigenvalue weighted by atomic mass is 9.98. The van der Waals surface area contributed by atoms with Crippen LogP contribution in [0.5, 0.6) is 0 Å². The quantitative estimate of drug-likeness (QED) is 0.345. The summed E-state index contributed by atoms with van der Waals surface area (Å²) in [4.78, 5) is 0. The monoisotopic (exact) mass is 424 g/mol. The molecule has 0 amide bonds. The maximum absolute atomic E-state index is 13.3. The molecule has 0 spiro atoms. The topological polar surface area (TPSA) is 43.4 Å². The molecule has 156 valence electrons. The fourth-order valence-electron chi connectivity index (χ4n) is 4.66. The molecule has 0 fully saturated rings. The molecule has 0 radical (unpaired) electrons. The number of rotatable bonds is 9. The number of hydrogen-bond acceptors (Lipinski definition) is 3. The van der Waals surface area contributed by atoms with Crippen LogP contribution in [0.2, 0.25) is 11.1 Å². The lowest BCUT2D eigenvalue weighted by molar-refractivity contribution is -0.0508. The van der Waals surface area contributed by atoms with Crippen molar-refractivity contribution in [1.82, 2.24) is 0 Å². The zero-order chi connectivity index (χ0) is 21.1. The van der Waals surface area contributed by atoms with Gasteiger partial charge >= 0.3 is 15.6 Å². The Bertz CT molecular complexity index is 705. The number of halogens is 3. The van der Waals surface area contributed by atoms with Gasteiger partial charge in [0.05, 0.1) is 0 Å². The van der Waals surface area contributed by atoms with Crippen molar-refractivity contribution in [3.8, 4) is 0 Å². The lowest BCUT2D eigenvalue weighted by Crippen LogP contribution is -2.64. The first kappa shape index (κ1) is 24.2. The van der Waals surface area contributed by atoms with Gasteiger partial charge in [-0.1, -0.05) is 91.1 Å². The summed E-state index contributed by atoms with van der Waals surface area (Å²) < 4.78 is 69.7. The summed E-state index contributed by atoms with van der Waals surface area (Å²) in [5.41, 5.74) is -4.63. The molecule has 0 aromatic heterocycles. The maximum atomic E-state index is 13.3. The molecule has 1 aromatic carbocycles. The molecule has 0 N–H and O–H groups in total. The van der Waals surface area contributed by atoms with Crippen molar-refractivity contribution in [3.05, 3.63) is 35.9 Å². The normalized spacial score (nSPS) is 16.2. The van der Waals surface area contributed by atoms with Crippen LogP contribution in [-0.2, 0) is 19.0 Å². The molecule has 1 atom stereocenters. The Morgan fingerprint density at radius 1 is 0.926 bits per heavy atom. The van der Waals surface area contributed by atoms with E-state index in [-0.39, 0.29) is 6.04 Å². The van der Waals surface area contributed by atoms with Gasteiger partial charge < -0.3 is 3.87 Å². The zero-order valence-corrected chi connectivity index (χ0v) is 18.8. The molecular weight excluding hydrogens is 393 g/mol. The first-order chi connectivity index (χ1) is 12.3. The SMILES string of the molecule is CCC(CC)(CC)[Si](CC)(OS(=O)(=O)C(F)(F)F)C(C)(C)c1ccccc1. The van der Waals surface area contributed by atoms with E-state index in [2.05, 4.69) is 0 Å². The first-order valence-corrected chi connectivity index (χ1v) is 12.9. The molecule has 27 heavy (non-hydrogen) atoms. The predicted molar refractivity (Wildman–Crippen MR) is 105 cm³/mol. The van der Waals surface area contributed by atoms with Crippen molar-refractivity contribution in [2.24, 2.45) is 0 Å². The Labute approximate surface area is 162 Å². The molecule has 0 heterocycles. The van der Waals surface area contributed by atoms with Gasteiger partial charge in [-0.3, -0.25) is 0 Å². The van der Waals surface area contributed by atoms with Gasteiger partial charge in [-0.25, -0.2) is 0 Å². The van der Waals surface area contributed by atoms with Crippen LogP contribution in [0.25, 0.3) is 0 Å². The Balaban J connectivity index is 3.86. The van der Waals surface area contributed by atoms with Gasteiger partial charge in [-0.15, -0.1) is 0 Å². The fraction of sp³-hybridized carbons (Fsp3) is 0.684. The highest BCUT2D eigenvalue weighted by atomic mass is 32.2. The van der Waals surface area contributed by atoms with E-state index in [0.29, 0.717) is 19.3 Å². The first-order valence-electron chi connectivity index (χ1n) is 9.38. The van der Waals surface area contributed by atoms with Crippen LogP contribution in [0.4, 0.5) is 13.2 Å². The molecule has 3 nitrogen and oxygen atoms in total. The van der Waals surface area contributed by atoms with Gasteiger partial charge in [-0.2, -0.15) is 21.6 Å². The Morgan fingerprint density at radius 3 is 1.70 bits per heavy atom. The second kappa shape index (κ2) is 8.25. The smallest absolute Gasteiger partial charge is 0.306 e. The van der Waals surface area contributed by atoms with Crippen LogP contribution < -0.4 is 0 Å². The van der Waals surface area contributed by atoms with Crippen LogP contribution in [0.3, 0.4) is 0 Å². The highest BCUT2D eigenvalue weighted by Crippen LogP contribution is 2.58. The average molecular weight is 425 g/mol. The summed E-state index contributed by atoms with van der Waals surface area (Å²) in [6, 6.07) is 9.40.